The number of pyridine rings is 1. The van der Waals surface area contributed by atoms with Crippen LogP contribution >= 0.6 is 0 Å². The highest BCUT2D eigenvalue weighted by atomic mass is 19.4. The minimum atomic E-state index is -4.79. The molecule has 1 saturated heterocycles. The number of aromatic nitrogens is 1. The summed E-state index contributed by atoms with van der Waals surface area (Å²) in [4.78, 5) is 17.9. The van der Waals surface area contributed by atoms with E-state index in [1.807, 2.05) is 0 Å². The van der Waals surface area contributed by atoms with Crippen LogP contribution in [-0.4, -0.2) is 41.3 Å². The molecule has 25 heavy (non-hydrogen) atoms. The SMILES string of the molecule is O=C(c1cccc(OC(F)(F)F)c1)N1CC[C@H](Oc2ccncc2)C1. The van der Waals surface area contributed by atoms with Gasteiger partial charge < -0.3 is 14.4 Å². The number of hydrogen-bond donors (Lipinski definition) is 0. The van der Waals surface area contributed by atoms with Gasteiger partial charge in [0.15, 0.2) is 0 Å². The second-order valence-electron chi connectivity index (χ2n) is 5.54. The lowest BCUT2D eigenvalue weighted by atomic mass is 10.2. The summed E-state index contributed by atoms with van der Waals surface area (Å²) >= 11 is 0. The number of alkyl halides is 3. The van der Waals surface area contributed by atoms with Crippen LogP contribution in [0.4, 0.5) is 13.2 Å². The lowest BCUT2D eigenvalue weighted by molar-refractivity contribution is -0.274. The number of hydrogen-bond acceptors (Lipinski definition) is 4. The summed E-state index contributed by atoms with van der Waals surface area (Å²) in [6.45, 7) is 0.838. The van der Waals surface area contributed by atoms with Crippen LogP contribution in [0.15, 0.2) is 48.8 Å². The van der Waals surface area contributed by atoms with Crippen molar-refractivity contribution >= 4 is 5.91 Å². The van der Waals surface area contributed by atoms with Gasteiger partial charge in [0.25, 0.3) is 5.91 Å². The van der Waals surface area contributed by atoms with Gasteiger partial charge in [-0.05, 0) is 30.3 Å². The van der Waals surface area contributed by atoms with Crippen molar-refractivity contribution in [3.05, 3.63) is 54.4 Å². The number of nitrogens with zero attached hydrogens (tertiary/aromatic N) is 2. The molecule has 0 unspecified atom stereocenters. The molecule has 5 nitrogen and oxygen atoms in total. The highest BCUT2D eigenvalue weighted by Crippen LogP contribution is 2.25. The van der Waals surface area contributed by atoms with Gasteiger partial charge in [-0.1, -0.05) is 6.07 Å². The van der Waals surface area contributed by atoms with E-state index in [2.05, 4.69) is 9.72 Å². The Kier molecular flexibility index (Phi) is 4.78. The summed E-state index contributed by atoms with van der Waals surface area (Å²) in [5.41, 5.74) is 0.145. The summed E-state index contributed by atoms with van der Waals surface area (Å²) in [6.07, 6.45) is -1.09. The van der Waals surface area contributed by atoms with Crippen molar-refractivity contribution in [3.63, 3.8) is 0 Å². The molecule has 0 bridgehead atoms. The summed E-state index contributed by atoms with van der Waals surface area (Å²) in [6, 6.07) is 8.51. The number of likely N-dealkylation sites (tertiary alicyclic amines) is 1. The van der Waals surface area contributed by atoms with E-state index in [-0.39, 0.29) is 17.6 Å². The molecule has 1 aliphatic heterocycles. The molecule has 1 amide bonds. The van der Waals surface area contributed by atoms with E-state index in [4.69, 9.17) is 4.74 Å². The van der Waals surface area contributed by atoms with E-state index in [0.29, 0.717) is 25.3 Å². The largest absolute Gasteiger partial charge is 0.573 e. The van der Waals surface area contributed by atoms with E-state index in [1.165, 1.54) is 12.1 Å². The Labute approximate surface area is 142 Å². The number of halogens is 3. The zero-order chi connectivity index (χ0) is 17.9. The Morgan fingerprint density at radius 3 is 2.64 bits per heavy atom. The molecule has 0 spiro atoms. The van der Waals surface area contributed by atoms with E-state index in [9.17, 15) is 18.0 Å². The molecule has 1 aromatic carbocycles. The molecule has 1 atom stereocenters. The van der Waals surface area contributed by atoms with Gasteiger partial charge in [0.1, 0.15) is 17.6 Å². The molecule has 8 heteroatoms. The highest BCUT2D eigenvalue weighted by molar-refractivity contribution is 5.94. The van der Waals surface area contributed by atoms with Gasteiger partial charge >= 0.3 is 6.36 Å². The predicted octanol–water partition coefficient (Wildman–Crippen LogP) is 3.27. The third kappa shape index (κ3) is 4.62. The zero-order valence-corrected chi connectivity index (χ0v) is 13.1. The zero-order valence-electron chi connectivity index (χ0n) is 13.1. The Hall–Kier alpha value is -2.77. The standard InChI is InChI=1S/C17H15F3N2O3/c18-17(19,20)25-14-3-1-2-12(10-14)16(23)22-9-6-15(11-22)24-13-4-7-21-8-5-13/h1-5,7-8,10,15H,6,9,11H2/t15-/m0/s1. The predicted molar refractivity (Wildman–Crippen MR) is 82.3 cm³/mol. The number of rotatable bonds is 4. The van der Waals surface area contributed by atoms with Crippen LogP contribution in [0.3, 0.4) is 0 Å². The molecule has 1 aromatic heterocycles. The van der Waals surface area contributed by atoms with E-state index < -0.39 is 12.1 Å². The van der Waals surface area contributed by atoms with Gasteiger partial charge in [0, 0.05) is 30.9 Å². The molecule has 0 saturated carbocycles. The van der Waals surface area contributed by atoms with Crippen LogP contribution in [0.5, 0.6) is 11.5 Å². The molecular formula is C17H15F3N2O3. The quantitative estimate of drug-likeness (QED) is 0.847. The third-order valence-electron chi connectivity index (χ3n) is 3.70. The third-order valence-corrected chi connectivity index (χ3v) is 3.70. The van der Waals surface area contributed by atoms with E-state index in [0.717, 1.165) is 12.1 Å². The minimum Gasteiger partial charge on any atom is -0.488 e. The van der Waals surface area contributed by atoms with Gasteiger partial charge in [0.05, 0.1) is 6.54 Å². The van der Waals surface area contributed by atoms with Gasteiger partial charge in [-0.2, -0.15) is 0 Å². The van der Waals surface area contributed by atoms with Gasteiger partial charge in [-0.25, -0.2) is 0 Å². The van der Waals surface area contributed by atoms with Crippen molar-refractivity contribution < 1.29 is 27.4 Å². The second kappa shape index (κ2) is 7.00. The van der Waals surface area contributed by atoms with E-state index in [1.54, 1.807) is 29.4 Å². The molecular weight excluding hydrogens is 337 g/mol. The maximum atomic E-state index is 12.5. The van der Waals surface area contributed by atoms with Crippen LogP contribution in [-0.2, 0) is 0 Å². The highest BCUT2D eigenvalue weighted by Gasteiger charge is 2.32. The Morgan fingerprint density at radius 2 is 1.92 bits per heavy atom. The molecule has 0 radical (unpaired) electrons. The van der Waals surface area contributed by atoms with Crippen LogP contribution in [0, 0.1) is 0 Å². The fraction of sp³-hybridized carbons (Fsp3) is 0.294. The van der Waals surface area contributed by atoms with Crippen molar-refractivity contribution in [2.75, 3.05) is 13.1 Å². The molecule has 2 aromatic rings. The number of carbonyl (C=O) groups is 1. The first-order valence-corrected chi connectivity index (χ1v) is 7.62. The Balaban J connectivity index is 1.63. The maximum absolute atomic E-state index is 12.5. The van der Waals surface area contributed by atoms with E-state index >= 15 is 0 Å². The maximum Gasteiger partial charge on any atom is 0.573 e. The van der Waals surface area contributed by atoms with Crippen LogP contribution in [0.25, 0.3) is 0 Å². The first-order valence-electron chi connectivity index (χ1n) is 7.62. The summed E-state index contributed by atoms with van der Waals surface area (Å²) < 4.78 is 46.5. The van der Waals surface area contributed by atoms with Gasteiger partial charge in [-0.15, -0.1) is 13.2 Å². The van der Waals surface area contributed by atoms with Crippen molar-refractivity contribution in [1.29, 1.82) is 0 Å². The topological polar surface area (TPSA) is 51.7 Å². The van der Waals surface area contributed by atoms with Crippen LogP contribution in [0.1, 0.15) is 16.8 Å². The summed E-state index contributed by atoms with van der Waals surface area (Å²) in [5.74, 6) is -0.106. The van der Waals surface area contributed by atoms with Gasteiger partial charge in [-0.3, -0.25) is 9.78 Å². The average molecular weight is 352 g/mol. The van der Waals surface area contributed by atoms with Crippen molar-refractivity contribution in [2.45, 2.75) is 18.9 Å². The lowest BCUT2D eigenvalue weighted by Crippen LogP contribution is -2.31. The number of amides is 1. The van der Waals surface area contributed by atoms with Crippen LogP contribution in [0.2, 0.25) is 0 Å². The van der Waals surface area contributed by atoms with Gasteiger partial charge in [0.2, 0.25) is 0 Å². The molecule has 3 rings (SSSR count). The molecule has 132 valence electrons. The average Bonchev–Trinajstić information content (AvgIpc) is 3.02. The molecule has 2 heterocycles. The molecule has 1 fully saturated rings. The number of benzene rings is 1. The number of ether oxygens (including phenoxy) is 2. The minimum absolute atomic E-state index is 0.145. The Morgan fingerprint density at radius 1 is 1.16 bits per heavy atom. The number of carbonyl (C=O) groups excluding carboxylic acids is 1. The fourth-order valence-electron chi connectivity index (χ4n) is 2.63. The van der Waals surface area contributed by atoms with Crippen molar-refractivity contribution in [2.24, 2.45) is 0 Å². The van der Waals surface area contributed by atoms with Crippen molar-refractivity contribution in [1.82, 2.24) is 9.88 Å². The second-order valence-corrected chi connectivity index (χ2v) is 5.54. The fourth-order valence-corrected chi connectivity index (χ4v) is 2.63. The first-order chi connectivity index (χ1) is 11.9. The van der Waals surface area contributed by atoms with Crippen LogP contribution < -0.4 is 9.47 Å². The summed E-state index contributed by atoms with van der Waals surface area (Å²) in [7, 11) is 0. The molecule has 0 aliphatic carbocycles. The smallest absolute Gasteiger partial charge is 0.488 e. The normalized spacial score (nSPS) is 17.4. The molecule has 0 N–H and O–H groups in total. The monoisotopic (exact) mass is 352 g/mol. The Bertz CT molecular complexity index is 737. The lowest BCUT2D eigenvalue weighted by Gasteiger charge is -2.18. The molecule has 1 aliphatic rings. The first kappa shape index (κ1) is 17.1. The van der Waals surface area contributed by atoms with Crippen molar-refractivity contribution in [3.8, 4) is 11.5 Å². The summed E-state index contributed by atoms with van der Waals surface area (Å²) in [5, 5.41) is 0.